The van der Waals surface area contributed by atoms with Gasteiger partial charge in [-0.1, -0.05) is 0 Å². The van der Waals surface area contributed by atoms with Gasteiger partial charge in [-0.3, -0.25) is 4.98 Å². The molecule has 1 unspecified atom stereocenters. The Kier molecular flexibility index (Phi) is 3.25. The molecule has 3 N–H and O–H groups in total. The molecule has 0 fully saturated rings. The van der Waals surface area contributed by atoms with Crippen molar-refractivity contribution in [3.8, 4) is 0 Å². The molecule has 4 nitrogen and oxygen atoms in total. The molecule has 0 saturated heterocycles. The standard InChI is InChI=1S/C9H13N3O/c1-7(12-9(10)13)6-8-2-4-11-5-3-8/h2-5,7H,6H2,1H3,(H3,10,12,13). The Morgan fingerprint density at radius 3 is 2.77 bits per heavy atom. The maximum Gasteiger partial charge on any atom is 0.312 e. The number of carbonyl (C=O) groups is 1. The monoisotopic (exact) mass is 179 g/mol. The maximum atomic E-state index is 10.5. The van der Waals surface area contributed by atoms with Crippen LogP contribution in [0.25, 0.3) is 0 Å². The van der Waals surface area contributed by atoms with Crippen LogP contribution in [0.1, 0.15) is 12.5 Å². The molecule has 0 radical (unpaired) electrons. The normalized spacial score (nSPS) is 12.1. The molecule has 0 aromatic carbocycles. The van der Waals surface area contributed by atoms with Crippen molar-refractivity contribution in [2.45, 2.75) is 19.4 Å². The molecule has 0 aliphatic rings. The van der Waals surface area contributed by atoms with Crippen molar-refractivity contribution in [2.24, 2.45) is 5.73 Å². The van der Waals surface area contributed by atoms with Gasteiger partial charge < -0.3 is 11.1 Å². The second-order valence-electron chi connectivity index (χ2n) is 2.97. The molecule has 1 aromatic rings. The number of pyridine rings is 1. The molecule has 2 amide bonds. The van der Waals surface area contributed by atoms with Crippen molar-refractivity contribution in [3.63, 3.8) is 0 Å². The lowest BCUT2D eigenvalue weighted by molar-refractivity contribution is 0.246. The Morgan fingerprint density at radius 1 is 1.62 bits per heavy atom. The molecule has 0 bridgehead atoms. The third-order valence-corrected chi connectivity index (χ3v) is 1.68. The minimum atomic E-state index is -0.485. The molecule has 0 saturated carbocycles. The summed E-state index contributed by atoms with van der Waals surface area (Å²) in [6.07, 6.45) is 4.23. The highest BCUT2D eigenvalue weighted by Gasteiger charge is 2.03. The largest absolute Gasteiger partial charge is 0.352 e. The van der Waals surface area contributed by atoms with Crippen LogP contribution in [-0.4, -0.2) is 17.1 Å². The van der Waals surface area contributed by atoms with E-state index in [1.165, 1.54) is 0 Å². The second kappa shape index (κ2) is 4.45. The van der Waals surface area contributed by atoms with E-state index in [1.807, 2.05) is 19.1 Å². The van der Waals surface area contributed by atoms with E-state index >= 15 is 0 Å². The molecular formula is C9H13N3O. The van der Waals surface area contributed by atoms with Crippen LogP contribution >= 0.6 is 0 Å². The van der Waals surface area contributed by atoms with Crippen LogP contribution in [0.3, 0.4) is 0 Å². The number of nitrogens with one attached hydrogen (secondary N) is 1. The summed E-state index contributed by atoms with van der Waals surface area (Å²) >= 11 is 0. The van der Waals surface area contributed by atoms with Gasteiger partial charge in [0.05, 0.1) is 0 Å². The summed E-state index contributed by atoms with van der Waals surface area (Å²) < 4.78 is 0. The number of amides is 2. The van der Waals surface area contributed by atoms with Crippen molar-refractivity contribution in [1.29, 1.82) is 0 Å². The number of nitrogens with two attached hydrogens (primary N) is 1. The SMILES string of the molecule is CC(Cc1ccncc1)NC(N)=O. The molecule has 0 aliphatic carbocycles. The van der Waals surface area contributed by atoms with Crippen LogP contribution in [0.4, 0.5) is 4.79 Å². The third kappa shape index (κ3) is 3.55. The van der Waals surface area contributed by atoms with Gasteiger partial charge in [-0.05, 0) is 31.0 Å². The van der Waals surface area contributed by atoms with Crippen LogP contribution in [0, 0.1) is 0 Å². The lowest BCUT2D eigenvalue weighted by Gasteiger charge is -2.11. The number of rotatable bonds is 3. The number of hydrogen-bond donors (Lipinski definition) is 2. The van der Waals surface area contributed by atoms with Crippen LogP contribution in [0.2, 0.25) is 0 Å². The van der Waals surface area contributed by atoms with E-state index in [0.717, 1.165) is 12.0 Å². The average molecular weight is 179 g/mol. The van der Waals surface area contributed by atoms with E-state index in [-0.39, 0.29) is 6.04 Å². The molecule has 0 spiro atoms. The number of carbonyl (C=O) groups excluding carboxylic acids is 1. The summed E-state index contributed by atoms with van der Waals surface area (Å²) in [4.78, 5) is 14.4. The quantitative estimate of drug-likeness (QED) is 0.716. The molecule has 1 rings (SSSR count). The maximum absolute atomic E-state index is 10.5. The van der Waals surface area contributed by atoms with E-state index in [9.17, 15) is 4.79 Å². The van der Waals surface area contributed by atoms with E-state index in [0.29, 0.717) is 0 Å². The molecule has 13 heavy (non-hydrogen) atoms. The first-order valence-electron chi connectivity index (χ1n) is 4.13. The zero-order valence-corrected chi connectivity index (χ0v) is 7.53. The molecular weight excluding hydrogens is 166 g/mol. The second-order valence-corrected chi connectivity index (χ2v) is 2.97. The fourth-order valence-electron chi connectivity index (χ4n) is 1.17. The number of urea groups is 1. The van der Waals surface area contributed by atoms with Crippen molar-refractivity contribution < 1.29 is 4.79 Å². The smallest absolute Gasteiger partial charge is 0.312 e. The Balaban J connectivity index is 2.45. The highest BCUT2D eigenvalue weighted by atomic mass is 16.2. The molecule has 4 heteroatoms. The zero-order valence-electron chi connectivity index (χ0n) is 7.53. The van der Waals surface area contributed by atoms with Crippen LogP contribution < -0.4 is 11.1 Å². The van der Waals surface area contributed by atoms with Crippen LogP contribution in [-0.2, 0) is 6.42 Å². The zero-order chi connectivity index (χ0) is 9.68. The Labute approximate surface area is 77.2 Å². The number of primary amides is 1. The van der Waals surface area contributed by atoms with E-state index in [2.05, 4.69) is 10.3 Å². The molecule has 1 heterocycles. The van der Waals surface area contributed by atoms with Crippen molar-refractivity contribution >= 4 is 6.03 Å². The Hall–Kier alpha value is -1.58. The van der Waals surface area contributed by atoms with Gasteiger partial charge in [-0.2, -0.15) is 0 Å². The van der Waals surface area contributed by atoms with Gasteiger partial charge in [0.15, 0.2) is 0 Å². The first-order chi connectivity index (χ1) is 6.18. The number of aromatic nitrogens is 1. The Morgan fingerprint density at radius 2 is 2.23 bits per heavy atom. The van der Waals surface area contributed by atoms with E-state index in [1.54, 1.807) is 12.4 Å². The number of hydrogen-bond acceptors (Lipinski definition) is 2. The molecule has 1 atom stereocenters. The minimum Gasteiger partial charge on any atom is -0.352 e. The summed E-state index contributed by atoms with van der Waals surface area (Å²) in [6.45, 7) is 1.91. The highest BCUT2D eigenvalue weighted by molar-refractivity contribution is 5.71. The molecule has 1 aromatic heterocycles. The van der Waals surface area contributed by atoms with Gasteiger partial charge in [-0.25, -0.2) is 4.79 Å². The lowest BCUT2D eigenvalue weighted by Crippen LogP contribution is -2.37. The van der Waals surface area contributed by atoms with E-state index < -0.39 is 6.03 Å². The third-order valence-electron chi connectivity index (χ3n) is 1.68. The summed E-state index contributed by atoms with van der Waals surface area (Å²) in [5.41, 5.74) is 6.12. The van der Waals surface area contributed by atoms with Gasteiger partial charge in [0.1, 0.15) is 0 Å². The van der Waals surface area contributed by atoms with Crippen molar-refractivity contribution in [1.82, 2.24) is 10.3 Å². The lowest BCUT2D eigenvalue weighted by atomic mass is 10.1. The predicted octanol–water partition coefficient (Wildman–Crippen LogP) is 0.681. The first-order valence-corrected chi connectivity index (χ1v) is 4.13. The summed E-state index contributed by atoms with van der Waals surface area (Å²) in [5.74, 6) is 0. The predicted molar refractivity (Wildman–Crippen MR) is 50.1 cm³/mol. The van der Waals surface area contributed by atoms with Gasteiger partial charge >= 0.3 is 6.03 Å². The Bertz CT molecular complexity index is 273. The average Bonchev–Trinajstić information content (AvgIpc) is 2.04. The minimum absolute atomic E-state index is 0.0555. The van der Waals surface area contributed by atoms with Gasteiger partial charge in [0.2, 0.25) is 0 Å². The molecule has 70 valence electrons. The number of nitrogens with zero attached hydrogens (tertiary/aromatic N) is 1. The van der Waals surface area contributed by atoms with Crippen LogP contribution in [0.5, 0.6) is 0 Å². The highest BCUT2D eigenvalue weighted by Crippen LogP contribution is 2.00. The summed E-state index contributed by atoms with van der Waals surface area (Å²) in [6, 6.07) is 3.40. The van der Waals surface area contributed by atoms with Gasteiger partial charge in [0, 0.05) is 18.4 Å². The van der Waals surface area contributed by atoms with E-state index in [4.69, 9.17) is 5.73 Å². The fraction of sp³-hybridized carbons (Fsp3) is 0.333. The fourth-order valence-corrected chi connectivity index (χ4v) is 1.17. The van der Waals surface area contributed by atoms with Crippen LogP contribution in [0.15, 0.2) is 24.5 Å². The van der Waals surface area contributed by atoms with Gasteiger partial charge in [0.25, 0.3) is 0 Å². The van der Waals surface area contributed by atoms with Crippen molar-refractivity contribution in [2.75, 3.05) is 0 Å². The van der Waals surface area contributed by atoms with Gasteiger partial charge in [-0.15, -0.1) is 0 Å². The topological polar surface area (TPSA) is 68.0 Å². The first kappa shape index (κ1) is 9.51. The van der Waals surface area contributed by atoms with Crippen molar-refractivity contribution in [3.05, 3.63) is 30.1 Å². The summed E-state index contributed by atoms with van der Waals surface area (Å²) in [7, 11) is 0. The summed E-state index contributed by atoms with van der Waals surface area (Å²) in [5, 5.41) is 2.61. The molecule has 0 aliphatic heterocycles.